The van der Waals surface area contributed by atoms with E-state index in [0.717, 1.165) is 30.7 Å². The number of rotatable bonds is 5. The molecule has 0 amide bonds. The van der Waals surface area contributed by atoms with E-state index in [9.17, 15) is 4.55 Å². The van der Waals surface area contributed by atoms with E-state index in [2.05, 4.69) is 10.9 Å². The molecule has 5 heteroatoms. The number of ether oxygens (including phenoxy) is 2. The predicted octanol–water partition coefficient (Wildman–Crippen LogP) is 3.64. The third kappa shape index (κ3) is 3.67. The first-order valence-corrected chi connectivity index (χ1v) is 8.98. The minimum absolute atomic E-state index is 0.0520. The highest BCUT2D eigenvalue weighted by atomic mass is 32.2. The molecule has 0 aliphatic carbocycles. The molecule has 0 aromatic heterocycles. The Labute approximate surface area is 142 Å². The summed E-state index contributed by atoms with van der Waals surface area (Å²) in [7, 11) is 3.29. The van der Waals surface area contributed by atoms with Crippen molar-refractivity contribution >= 4 is 11.4 Å². The lowest BCUT2D eigenvalue weighted by Crippen LogP contribution is -2.47. The fourth-order valence-electron chi connectivity index (χ4n) is 2.96. The Balaban J connectivity index is 2.47. The van der Waals surface area contributed by atoms with Crippen LogP contribution in [0.3, 0.4) is 0 Å². The number of benzene rings is 1. The van der Waals surface area contributed by atoms with Crippen LogP contribution in [0.15, 0.2) is 24.8 Å². The number of fused-ring (bicyclic) bond motifs is 1. The molecule has 23 heavy (non-hydrogen) atoms. The Kier molecular flexibility index (Phi) is 5.65. The Morgan fingerprint density at radius 3 is 2.43 bits per heavy atom. The summed E-state index contributed by atoms with van der Waals surface area (Å²) in [6.07, 6.45) is 3.50. The highest BCUT2D eigenvalue weighted by Crippen LogP contribution is 2.42. The zero-order valence-electron chi connectivity index (χ0n) is 14.7. The molecule has 1 aliphatic rings. The maximum atomic E-state index is 12.9. The summed E-state index contributed by atoms with van der Waals surface area (Å²) >= 11 is -1.06. The molecular weight excluding hydrogens is 310 g/mol. The molecule has 2 atom stereocenters. The molecule has 1 aromatic rings. The third-order valence-electron chi connectivity index (χ3n) is 4.08. The molecule has 0 N–H and O–H groups in total. The highest BCUT2D eigenvalue weighted by Gasteiger charge is 2.40. The van der Waals surface area contributed by atoms with Crippen molar-refractivity contribution in [2.45, 2.75) is 44.4 Å². The summed E-state index contributed by atoms with van der Waals surface area (Å²) in [5.41, 5.74) is 2.39. The SMILES string of the molecule is C=CC[C@H]1c2cc(OC)c(OC)cc2CCN1[S+]([O-])C(C)(C)C. The number of methoxy groups -OCH3 is 2. The first kappa shape index (κ1) is 18.2. The fraction of sp³-hybridized carbons (Fsp3) is 0.556. The van der Waals surface area contributed by atoms with Gasteiger partial charge in [0.15, 0.2) is 11.5 Å². The van der Waals surface area contributed by atoms with E-state index in [4.69, 9.17) is 9.47 Å². The topological polar surface area (TPSA) is 44.8 Å². The van der Waals surface area contributed by atoms with Crippen LogP contribution in [0.4, 0.5) is 0 Å². The van der Waals surface area contributed by atoms with Gasteiger partial charge in [0.1, 0.15) is 4.75 Å². The third-order valence-corrected chi connectivity index (χ3v) is 5.99. The van der Waals surface area contributed by atoms with E-state index in [1.807, 2.05) is 39.0 Å². The molecule has 0 fully saturated rings. The Hall–Kier alpha value is -1.17. The quantitative estimate of drug-likeness (QED) is 0.608. The molecule has 2 rings (SSSR count). The van der Waals surface area contributed by atoms with Crippen LogP contribution in [0.5, 0.6) is 11.5 Å². The first-order valence-electron chi connectivity index (χ1n) is 7.87. The highest BCUT2D eigenvalue weighted by molar-refractivity contribution is 7.90. The molecule has 0 radical (unpaired) electrons. The van der Waals surface area contributed by atoms with Crippen molar-refractivity contribution in [1.29, 1.82) is 0 Å². The van der Waals surface area contributed by atoms with E-state index in [1.165, 1.54) is 5.56 Å². The Bertz CT molecular complexity index is 568. The normalized spacial score (nSPS) is 19.8. The van der Waals surface area contributed by atoms with Crippen molar-refractivity contribution < 1.29 is 14.0 Å². The number of hydrogen-bond acceptors (Lipinski definition) is 4. The molecule has 128 valence electrons. The number of hydrogen-bond donors (Lipinski definition) is 0. The van der Waals surface area contributed by atoms with Gasteiger partial charge in [0.2, 0.25) is 0 Å². The Morgan fingerprint density at radius 2 is 1.91 bits per heavy atom. The zero-order chi connectivity index (χ0) is 17.2. The van der Waals surface area contributed by atoms with Gasteiger partial charge in [0.25, 0.3) is 0 Å². The number of nitrogens with zero attached hydrogens (tertiary/aromatic N) is 1. The van der Waals surface area contributed by atoms with Crippen LogP contribution in [0.1, 0.15) is 44.4 Å². The van der Waals surface area contributed by atoms with Crippen LogP contribution in [-0.4, -0.2) is 34.4 Å². The van der Waals surface area contributed by atoms with Crippen LogP contribution >= 0.6 is 0 Å². The van der Waals surface area contributed by atoms with Crippen molar-refractivity contribution in [2.24, 2.45) is 0 Å². The Morgan fingerprint density at radius 1 is 1.30 bits per heavy atom. The van der Waals surface area contributed by atoms with Crippen LogP contribution in [0.2, 0.25) is 0 Å². The average molecular weight is 337 g/mol. The van der Waals surface area contributed by atoms with E-state index in [0.29, 0.717) is 5.75 Å². The zero-order valence-corrected chi connectivity index (χ0v) is 15.5. The molecular formula is C18H27NO3S. The lowest BCUT2D eigenvalue weighted by atomic mass is 9.92. The smallest absolute Gasteiger partial charge is 0.161 e. The second-order valence-electron chi connectivity index (χ2n) is 6.70. The molecule has 1 aliphatic heterocycles. The minimum Gasteiger partial charge on any atom is -0.597 e. The minimum atomic E-state index is -1.06. The largest absolute Gasteiger partial charge is 0.597 e. The van der Waals surface area contributed by atoms with Crippen LogP contribution < -0.4 is 9.47 Å². The summed E-state index contributed by atoms with van der Waals surface area (Å²) in [6.45, 7) is 10.7. The van der Waals surface area contributed by atoms with Gasteiger partial charge >= 0.3 is 0 Å². The van der Waals surface area contributed by atoms with Crippen LogP contribution in [0, 0.1) is 0 Å². The molecule has 0 spiro atoms. The van der Waals surface area contributed by atoms with E-state index >= 15 is 0 Å². The summed E-state index contributed by atoms with van der Waals surface area (Å²) in [5.74, 6) is 1.46. The predicted molar refractivity (Wildman–Crippen MR) is 95.4 cm³/mol. The standard InChI is InChI=1S/C18H27NO3S/c1-7-8-15-14-12-17(22-6)16(21-5)11-13(14)9-10-19(15)23(20)18(2,3)4/h7,11-12,15H,1,8-10H2,2-6H3/t15-,23?/m0/s1. The molecule has 1 heterocycles. The monoisotopic (exact) mass is 337 g/mol. The van der Waals surface area contributed by atoms with Gasteiger partial charge in [-0.1, -0.05) is 6.08 Å². The van der Waals surface area contributed by atoms with Gasteiger partial charge in [0.05, 0.1) is 20.3 Å². The first-order chi connectivity index (χ1) is 10.8. The van der Waals surface area contributed by atoms with Crippen LogP contribution in [-0.2, 0) is 17.8 Å². The van der Waals surface area contributed by atoms with Gasteiger partial charge in [-0.25, -0.2) is 0 Å². The van der Waals surface area contributed by atoms with Crippen LogP contribution in [0.25, 0.3) is 0 Å². The molecule has 1 unspecified atom stereocenters. The van der Waals surface area contributed by atoms with E-state index < -0.39 is 11.4 Å². The van der Waals surface area contributed by atoms with Gasteiger partial charge in [-0.05, 0) is 56.9 Å². The van der Waals surface area contributed by atoms with Crippen molar-refractivity contribution in [3.8, 4) is 11.5 Å². The van der Waals surface area contributed by atoms with Gasteiger partial charge in [-0.15, -0.1) is 10.9 Å². The molecule has 0 saturated heterocycles. The summed E-state index contributed by atoms with van der Waals surface area (Å²) in [6, 6.07) is 4.12. The lowest BCUT2D eigenvalue weighted by molar-refractivity contribution is 0.296. The molecule has 0 bridgehead atoms. The van der Waals surface area contributed by atoms with Crippen molar-refractivity contribution in [1.82, 2.24) is 4.31 Å². The maximum absolute atomic E-state index is 12.9. The van der Waals surface area contributed by atoms with E-state index in [1.54, 1.807) is 14.2 Å². The maximum Gasteiger partial charge on any atom is 0.161 e. The van der Waals surface area contributed by atoms with Crippen molar-refractivity contribution in [2.75, 3.05) is 20.8 Å². The second kappa shape index (κ2) is 7.16. The van der Waals surface area contributed by atoms with E-state index in [-0.39, 0.29) is 10.8 Å². The van der Waals surface area contributed by atoms with Gasteiger partial charge in [0, 0.05) is 17.9 Å². The summed E-state index contributed by atoms with van der Waals surface area (Å²) in [5, 5.41) is 0. The average Bonchev–Trinajstić information content (AvgIpc) is 2.52. The van der Waals surface area contributed by atoms with Gasteiger partial charge < -0.3 is 14.0 Å². The summed E-state index contributed by atoms with van der Waals surface area (Å²) < 4.78 is 25.6. The van der Waals surface area contributed by atoms with Gasteiger partial charge in [-0.2, -0.15) is 0 Å². The summed E-state index contributed by atoms with van der Waals surface area (Å²) in [4.78, 5) is 0. The van der Waals surface area contributed by atoms with Crippen molar-refractivity contribution in [3.05, 3.63) is 35.9 Å². The fourth-order valence-corrected chi connectivity index (χ4v) is 4.35. The lowest BCUT2D eigenvalue weighted by Gasteiger charge is -2.40. The van der Waals surface area contributed by atoms with Gasteiger partial charge in [-0.3, -0.25) is 0 Å². The molecule has 0 saturated carbocycles. The second-order valence-corrected chi connectivity index (χ2v) is 8.89. The van der Waals surface area contributed by atoms with Crippen molar-refractivity contribution in [3.63, 3.8) is 0 Å². The molecule has 4 nitrogen and oxygen atoms in total. The molecule has 1 aromatic carbocycles.